The molecule has 1 amide bonds. The van der Waals surface area contributed by atoms with Crippen LogP contribution in [0.3, 0.4) is 0 Å². The first kappa shape index (κ1) is 29.2. The molecule has 10 nitrogen and oxygen atoms in total. The van der Waals surface area contributed by atoms with Crippen molar-refractivity contribution in [2.75, 3.05) is 44.8 Å². The summed E-state index contributed by atoms with van der Waals surface area (Å²) in [5, 5.41) is 8.07. The molecule has 0 bridgehead atoms. The standard InChI is InChI=1S/C27H35BrN6O4S/c1-16(32(3)4)26(35)18(14-29)15-33(39(5,37)38)24-13-23-22(12-21(24)17-6-7-17)25(27(36)30-2)34(31-23)20-10-8-19(28)9-11-20/h8-13,16-18H,6-7,14-15,29H2,1-5H3,(H,30,36)/t16-,18?/m0/s1. The maximum atomic E-state index is 13.2. The molecule has 0 saturated heterocycles. The fourth-order valence-corrected chi connectivity index (χ4v) is 5.90. The van der Waals surface area contributed by atoms with Crippen LogP contribution in [0, 0.1) is 5.92 Å². The predicted octanol–water partition coefficient (Wildman–Crippen LogP) is 2.89. The Hall–Kier alpha value is -2.80. The first-order valence-electron chi connectivity index (χ1n) is 12.8. The minimum absolute atomic E-state index is 0.0169. The molecule has 0 radical (unpaired) electrons. The van der Waals surface area contributed by atoms with Crippen LogP contribution in [0.25, 0.3) is 16.6 Å². The molecule has 0 spiro atoms. The van der Waals surface area contributed by atoms with Crippen LogP contribution in [0.15, 0.2) is 40.9 Å². The summed E-state index contributed by atoms with van der Waals surface area (Å²) >= 11 is 3.44. The number of carbonyl (C=O) groups is 2. The fourth-order valence-electron chi connectivity index (χ4n) is 4.67. The van der Waals surface area contributed by atoms with Crippen molar-refractivity contribution in [2.24, 2.45) is 11.7 Å². The normalized spacial score (nSPS) is 15.4. The number of nitrogens with zero attached hydrogens (tertiary/aromatic N) is 4. The molecule has 1 saturated carbocycles. The van der Waals surface area contributed by atoms with Gasteiger partial charge in [0.15, 0.2) is 5.78 Å². The van der Waals surface area contributed by atoms with Gasteiger partial charge >= 0.3 is 0 Å². The summed E-state index contributed by atoms with van der Waals surface area (Å²) in [6.45, 7) is 1.73. The Morgan fingerprint density at radius 1 is 1.21 bits per heavy atom. The molecule has 1 aromatic heterocycles. The van der Waals surface area contributed by atoms with E-state index in [-0.39, 0.29) is 30.7 Å². The molecule has 1 unspecified atom stereocenters. The number of sulfonamides is 1. The van der Waals surface area contributed by atoms with Crippen molar-refractivity contribution in [3.05, 3.63) is 52.1 Å². The quantitative estimate of drug-likeness (QED) is 0.338. The molecule has 0 aliphatic heterocycles. The number of rotatable bonds is 11. The number of halogens is 1. The topological polar surface area (TPSA) is 131 Å². The third-order valence-corrected chi connectivity index (χ3v) is 8.95. The highest BCUT2D eigenvalue weighted by Crippen LogP contribution is 2.47. The largest absolute Gasteiger partial charge is 0.354 e. The Kier molecular flexibility index (Phi) is 8.50. The highest BCUT2D eigenvalue weighted by atomic mass is 79.9. The van der Waals surface area contributed by atoms with E-state index >= 15 is 0 Å². The zero-order valence-electron chi connectivity index (χ0n) is 22.8. The van der Waals surface area contributed by atoms with Crippen molar-refractivity contribution in [3.63, 3.8) is 0 Å². The van der Waals surface area contributed by atoms with E-state index in [1.54, 1.807) is 43.7 Å². The number of carbonyl (C=O) groups excluding carboxylic acids is 2. The third kappa shape index (κ3) is 6.03. The van der Waals surface area contributed by atoms with Crippen molar-refractivity contribution in [1.82, 2.24) is 20.0 Å². The fraction of sp³-hybridized carbons (Fsp3) is 0.444. The number of hydrogen-bond acceptors (Lipinski definition) is 7. The smallest absolute Gasteiger partial charge is 0.270 e. The molecular formula is C27H35BrN6O4S. The molecule has 1 aliphatic carbocycles. The van der Waals surface area contributed by atoms with Gasteiger partial charge in [-0.1, -0.05) is 15.9 Å². The summed E-state index contributed by atoms with van der Waals surface area (Å²) in [5.74, 6) is -0.968. The lowest BCUT2D eigenvalue weighted by atomic mass is 9.97. The lowest BCUT2D eigenvalue weighted by Gasteiger charge is -2.30. The van der Waals surface area contributed by atoms with Crippen LogP contribution in [-0.4, -0.2) is 81.3 Å². The number of benzene rings is 2. The van der Waals surface area contributed by atoms with Gasteiger partial charge in [0.1, 0.15) is 5.69 Å². The lowest BCUT2D eigenvalue weighted by Crippen LogP contribution is -2.46. The molecule has 1 aliphatic rings. The molecule has 1 heterocycles. The van der Waals surface area contributed by atoms with Crippen LogP contribution >= 0.6 is 15.9 Å². The highest BCUT2D eigenvalue weighted by molar-refractivity contribution is 9.10. The number of likely N-dealkylation sites (N-methyl/N-ethyl adjacent to an activating group) is 1. The van der Waals surface area contributed by atoms with Gasteiger partial charge in [-0.15, -0.1) is 0 Å². The van der Waals surface area contributed by atoms with Crippen LogP contribution in [0.5, 0.6) is 0 Å². The van der Waals surface area contributed by atoms with Crippen molar-refractivity contribution in [1.29, 1.82) is 0 Å². The molecule has 12 heteroatoms. The average molecular weight is 620 g/mol. The lowest BCUT2D eigenvalue weighted by molar-refractivity contribution is -0.126. The number of fused-ring (bicyclic) bond motifs is 1. The van der Waals surface area contributed by atoms with E-state index in [1.807, 2.05) is 30.3 Å². The molecule has 1 fully saturated rings. The van der Waals surface area contributed by atoms with Crippen LogP contribution in [0.1, 0.15) is 41.7 Å². The Balaban J connectivity index is 1.90. The van der Waals surface area contributed by atoms with Crippen molar-refractivity contribution in [3.8, 4) is 5.69 Å². The second-order valence-corrected chi connectivity index (χ2v) is 13.1. The molecule has 3 N–H and O–H groups in total. The number of hydrogen-bond donors (Lipinski definition) is 2. The molecular weight excluding hydrogens is 584 g/mol. The number of aromatic nitrogens is 2. The monoisotopic (exact) mass is 618 g/mol. The predicted molar refractivity (Wildman–Crippen MR) is 157 cm³/mol. The zero-order valence-corrected chi connectivity index (χ0v) is 25.2. The highest BCUT2D eigenvalue weighted by Gasteiger charge is 2.35. The average Bonchev–Trinajstić information content (AvgIpc) is 3.67. The number of anilines is 1. The summed E-state index contributed by atoms with van der Waals surface area (Å²) in [6, 6.07) is 10.6. The van der Waals surface area contributed by atoms with E-state index < -0.39 is 22.0 Å². The van der Waals surface area contributed by atoms with Gasteiger partial charge in [-0.3, -0.25) is 18.8 Å². The summed E-state index contributed by atoms with van der Waals surface area (Å²) in [7, 11) is 1.38. The third-order valence-electron chi connectivity index (χ3n) is 7.28. The van der Waals surface area contributed by atoms with Crippen LogP contribution in [-0.2, 0) is 14.8 Å². The van der Waals surface area contributed by atoms with Gasteiger partial charge in [0, 0.05) is 30.0 Å². The number of Topliss-reactive ketones (excluding diaryl/α,β-unsaturated/α-hetero) is 1. The molecule has 3 aromatic rings. The van der Waals surface area contributed by atoms with E-state index in [2.05, 4.69) is 21.2 Å². The molecule has 2 atom stereocenters. The second-order valence-electron chi connectivity index (χ2n) is 10.3. The first-order chi connectivity index (χ1) is 18.4. The zero-order chi connectivity index (χ0) is 28.6. The maximum Gasteiger partial charge on any atom is 0.270 e. The molecule has 39 heavy (non-hydrogen) atoms. The van der Waals surface area contributed by atoms with Gasteiger partial charge in [-0.05, 0) is 81.7 Å². The maximum absolute atomic E-state index is 13.2. The second kappa shape index (κ2) is 11.4. The number of ketones is 1. The Morgan fingerprint density at radius 3 is 2.36 bits per heavy atom. The van der Waals surface area contributed by atoms with Gasteiger partial charge in [0.25, 0.3) is 5.91 Å². The van der Waals surface area contributed by atoms with E-state index in [0.29, 0.717) is 28.0 Å². The number of amides is 1. The van der Waals surface area contributed by atoms with Gasteiger partial charge in [0.2, 0.25) is 10.0 Å². The van der Waals surface area contributed by atoms with E-state index in [4.69, 9.17) is 10.8 Å². The molecule has 210 valence electrons. The SMILES string of the molecule is CNC(=O)c1c2cc(C3CC3)c(N(CC(CN)C(=O)[C@H](C)N(C)C)S(C)(=O)=O)cc2nn1-c1ccc(Br)cc1. The first-order valence-corrected chi connectivity index (χ1v) is 15.4. The summed E-state index contributed by atoms with van der Waals surface area (Å²) in [6.07, 6.45) is 2.95. The Morgan fingerprint density at radius 2 is 1.85 bits per heavy atom. The van der Waals surface area contributed by atoms with Crippen molar-refractivity contribution in [2.45, 2.75) is 31.7 Å². The Bertz CT molecular complexity index is 1500. The molecule has 4 rings (SSSR count). The summed E-state index contributed by atoms with van der Waals surface area (Å²) < 4.78 is 30.1. The molecule has 2 aromatic carbocycles. The van der Waals surface area contributed by atoms with E-state index in [9.17, 15) is 18.0 Å². The van der Waals surface area contributed by atoms with Crippen LogP contribution in [0.4, 0.5) is 5.69 Å². The minimum atomic E-state index is -3.79. The van der Waals surface area contributed by atoms with Crippen LogP contribution in [0.2, 0.25) is 0 Å². The Labute approximate surface area is 237 Å². The minimum Gasteiger partial charge on any atom is -0.354 e. The van der Waals surface area contributed by atoms with E-state index in [0.717, 1.165) is 29.1 Å². The van der Waals surface area contributed by atoms with Gasteiger partial charge < -0.3 is 11.1 Å². The van der Waals surface area contributed by atoms with Crippen molar-refractivity contribution >= 4 is 54.2 Å². The van der Waals surface area contributed by atoms with Gasteiger partial charge in [-0.25, -0.2) is 13.1 Å². The van der Waals surface area contributed by atoms with E-state index in [1.165, 1.54) is 4.31 Å². The van der Waals surface area contributed by atoms with Crippen molar-refractivity contribution < 1.29 is 18.0 Å². The summed E-state index contributed by atoms with van der Waals surface area (Å²) in [4.78, 5) is 28.0. The number of nitrogens with two attached hydrogens (primary N) is 1. The van der Waals surface area contributed by atoms with Gasteiger partial charge in [-0.2, -0.15) is 5.10 Å². The van der Waals surface area contributed by atoms with Gasteiger partial charge in [0.05, 0.1) is 35.1 Å². The number of nitrogens with one attached hydrogen (secondary N) is 1. The van der Waals surface area contributed by atoms with Crippen LogP contribution < -0.4 is 15.4 Å². The summed E-state index contributed by atoms with van der Waals surface area (Å²) in [5.41, 5.74) is 8.82.